The Morgan fingerprint density at radius 2 is 1.38 bits per heavy atom. The third kappa shape index (κ3) is 17.0. The van der Waals surface area contributed by atoms with Crippen LogP contribution in [0.2, 0.25) is 0 Å². The van der Waals surface area contributed by atoms with E-state index in [0.717, 1.165) is 12.8 Å². The summed E-state index contributed by atoms with van der Waals surface area (Å²) >= 11 is 0. The van der Waals surface area contributed by atoms with E-state index in [9.17, 15) is 19.8 Å². The first-order valence-electron chi connectivity index (χ1n) is 22.1. The lowest BCUT2D eigenvalue weighted by Crippen LogP contribution is -2.36. The first-order chi connectivity index (χ1) is 28.5. The number of aliphatic hydroxyl groups excluding tert-OH is 2. The summed E-state index contributed by atoms with van der Waals surface area (Å²) in [7, 11) is 0. The number of rotatable bonds is 33. The van der Waals surface area contributed by atoms with E-state index in [2.05, 4.69) is 32.5 Å². The minimum Gasteiger partial charge on any atom is -0.394 e. The molecular weight excluding hydrogens is 741 g/mol. The highest BCUT2D eigenvalue weighted by molar-refractivity contribution is 6.06. The number of carbonyl (C=O) groups is 2. The number of anilines is 1. The van der Waals surface area contributed by atoms with E-state index >= 15 is 0 Å². The van der Waals surface area contributed by atoms with Crippen molar-refractivity contribution in [1.82, 2.24) is 24.8 Å². The topological polar surface area (TPSA) is 179 Å². The molecule has 1 unspecified atom stereocenters. The Morgan fingerprint density at radius 1 is 0.776 bits per heavy atom. The van der Waals surface area contributed by atoms with Crippen LogP contribution in [0.1, 0.15) is 152 Å². The number of fused-ring (bicyclic) bond motifs is 1. The smallest absolute Gasteiger partial charge is 0.256 e. The van der Waals surface area contributed by atoms with Gasteiger partial charge in [0.05, 0.1) is 32.8 Å². The molecule has 3 heterocycles. The van der Waals surface area contributed by atoms with Crippen molar-refractivity contribution in [2.24, 2.45) is 0 Å². The highest BCUT2D eigenvalue weighted by Gasteiger charge is 2.46. The van der Waals surface area contributed by atoms with E-state index in [-0.39, 0.29) is 31.0 Å². The van der Waals surface area contributed by atoms with Crippen molar-refractivity contribution in [1.29, 1.82) is 0 Å². The Morgan fingerprint density at radius 3 is 2.00 bits per heavy atom. The molecule has 0 aliphatic carbocycles. The molecule has 4 atom stereocenters. The van der Waals surface area contributed by atoms with Crippen LogP contribution in [0.4, 0.5) is 5.82 Å². The van der Waals surface area contributed by atoms with Gasteiger partial charge in [-0.05, 0) is 18.6 Å². The second-order valence-corrected chi connectivity index (χ2v) is 15.3. The molecule has 1 saturated heterocycles. The van der Waals surface area contributed by atoms with Crippen LogP contribution in [-0.4, -0.2) is 99.6 Å². The molecule has 14 nitrogen and oxygen atoms in total. The monoisotopic (exact) mass is 811 g/mol. The molecular formula is C44H70N6O8. The predicted molar refractivity (Wildman–Crippen MR) is 224 cm³/mol. The molecule has 4 N–H and O–H groups in total. The Balaban J connectivity index is 0.982. The molecule has 324 valence electrons. The van der Waals surface area contributed by atoms with Crippen LogP contribution in [-0.2, 0) is 23.7 Å². The van der Waals surface area contributed by atoms with E-state index < -0.39 is 31.1 Å². The van der Waals surface area contributed by atoms with Gasteiger partial charge in [-0.1, -0.05) is 141 Å². The molecule has 0 bridgehead atoms. The summed E-state index contributed by atoms with van der Waals surface area (Å²) in [6, 6.07) is 8.73. The van der Waals surface area contributed by atoms with Gasteiger partial charge in [0.2, 0.25) is 5.91 Å². The molecule has 58 heavy (non-hydrogen) atoms. The molecule has 2 amide bonds. The number of imidazole rings is 1. The highest BCUT2D eigenvalue weighted by atomic mass is 16.7. The number of carbonyl (C=O) groups excluding carboxylic acids is 2. The standard InChI is InChI=1S/C44H70N6O8/c1-2-3-4-5-6-7-8-9-10-11-12-13-14-15-16-17-18-19-23-26-37(52)45-27-28-55-29-30-56-34-57-40-39(53)36(31-51)58-44(40)50-33-48-38-41(46-32-47-42(38)50)49-43(54)35-24-21-20-22-25-35/h20-22,24-25,32-33,36,39-40,44,51,53H,2-19,23,26-31,34H2,1H3,(H,45,52)(H,46,47,49,54)/t36-,39?,40+,44-/m1/s1. The number of nitrogens with one attached hydrogen (secondary N) is 2. The maximum Gasteiger partial charge on any atom is 0.256 e. The summed E-state index contributed by atoms with van der Waals surface area (Å²) in [5.74, 6) is -0.0824. The Bertz CT molecular complexity index is 1540. The lowest BCUT2D eigenvalue weighted by molar-refractivity contribution is -0.143. The SMILES string of the molecule is CCCCCCCCCCCCCCCCCCCCCC(=O)NCCOCCOCO[C@H]1C(O)[C@@H](CO)O[C@H]1n1cnc2c(NC(=O)c3ccccc3)ncnc21. The first kappa shape index (κ1) is 47.2. The van der Waals surface area contributed by atoms with Crippen molar-refractivity contribution in [3.8, 4) is 0 Å². The number of aromatic nitrogens is 4. The van der Waals surface area contributed by atoms with E-state index in [1.807, 2.05) is 6.07 Å². The van der Waals surface area contributed by atoms with Crippen LogP contribution in [0.5, 0.6) is 0 Å². The van der Waals surface area contributed by atoms with E-state index in [4.69, 9.17) is 18.9 Å². The van der Waals surface area contributed by atoms with Gasteiger partial charge in [-0.2, -0.15) is 0 Å². The molecule has 1 aromatic carbocycles. The summed E-state index contributed by atoms with van der Waals surface area (Å²) in [5, 5.41) is 26.4. The van der Waals surface area contributed by atoms with Gasteiger partial charge in [0, 0.05) is 18.5 Å². The van der Waals surface area contributed by atoms with E-state index in [1.165, 1.54) is 122 Å². The van der Waals surface area contributed by atoms with Crippen molar-refractivity contribution in [3.63, 3.8) is 0 Å². The van der Waals surface area contributed by atoms with Crippen molar-refractivity contribution in [2.75, 3.05) is 45.1 Å². The highest BCUT2D eigenvalue weighted by Crippen LogP contribution is 2.34. The summed E-state index contributed by atoms with van der Waals surface area (Å²) in [6.45, 7) is 3.02. The number of benzene rings is 1. The largest absolute Gasteiger partial charge is 0.394 e. The lowest BCUT2D eigenvalue weighted by atomic mass is 10.0. The zero-order chi connectivity index (χ0) is 41.0. The molecule has 1 aliphatic rings. The second kappa shape index (κ2) is 28.8. The lowest BCUT2D eigenvalue weighted by Gasteiger charge is -2.22. The Labute approximate surface area is 345 Å². The van der Waals surface area contributed by atoms with E-state index in [0.29, 0.717) is 42.9 Å². The van der Waals surface area contributed by atoms with Crippen LogP contribution >= 0.6 is 0 Å². The summed E-state index contributed by atoms with van der Waals surface area (Å²) in [6.07, 6.45) is 24.7. The number of hydrogen-bond acceptors (Lipinski definition) is 11. The van der Waals surface area contributed by atoms with Gasteiger partial charge in [0.15, 0.2) is 23.2 Å². The number of aliphatic hydroxyl groups is 2. The minimum absolute atomic E-state index is 0.0543. The van der Waals surface area contributed by atoms with Crippen molar-refractivity contribution in [3.05, 3.63) is 48.5 Å². The maximum absolute atomic E-state index is 12.8. The summed E-state index contributed by atoms with van der Waals surface area (Å²) < 4.78 is 24.6. The first-order valence-corrected chi connectivity index (χ1v) is 22.1. The third-order valence-electron chi connectivity index (χ3n) is 10.7. The Hall–Kier alpha value is -3.53. The van der Waals surface area contributed by atoms with Gasteiger partial charge in [-0.3, -0.25) is 14.2 Å². The zero-order valence-electron chi connectivity index (χ0n) is 34.9. The number of nitrogens with zero attached hydrogens (tertiary/aromatic N) is 4. The molecule has 1 aliphatic heterocycles. The second-order valence-electron chi connectivity index (χ2n) is 15.3. The number of unbranched alkanes of at least 4 members (excludes halogenated alkanes) is 18. The molecule has 0 radical (unpaired) electrons. The van der Waals surface area contributed by atoms with Gasteiger partial charge in [-0.15, -0.1) is 0 Å². The van der Waals surface area contributed by atoms with Gasteiger partial charge < -0.3 is 39.8 Å². The fourth-order valence-electron chi connectivity index (χ4n) is 7.29. The zero-order valence-corrected chi connectivity index (χ0v) is 34.9. The molecule has 1 fully saturated rings. The van der Waals surface area contributed by atoms with Crippen molar-refractivity contribution >= 4 is 28.8 Å². The van der Waals surface area contributed by atoms with Gasteiger partial charge >= 0.3 is 0 Å². The maximum atomic E-state index is 12.8. The molecule has 2 aromatic heterocycles. The minimum atomic E-state index is -1.16. The molecule has 0 spiro atoms. The predicted octanol–water partition coefficient (Wildman–Crippen LogP) is 7.64. The average Bonchev–Trinajstić information content (AvgIpc) is 3.81. The quantitative estimate of drug-likeness (QED) is 0.0351. The van der Waals surface area contributed by atoms with E-state index in [1.54, 1.807) is 28.8 Å². The van der Waals surface area contributed by atoms with Gasteiger partial charge in [-0.25, -0.2) is 15.0 Å². The van der Waals surface area contributed by atoms with Crippen molar-refractivity contribution in [2.45, 2.75) is 160 Å². The molecule has 4 rings (SSSR count). The van der Waals surface area contributed by atoms with Gasteiger partial charge in [0.1, 0.15) is 31.4 Å². The Kier molecular flexibility index (Phi) is 23.4. The van der Waals surface area contributed by atoms with Crippen LogP contribution < -0.4 is 10.6 Å². The summed E-state index contributed by atoms with van der Waals surface area (Å²) in [4.78, 5) is 37.9. The number of hydrogen-bond donors (Lipinski definition) is 4. The normalized spacial score (nSPS) is 17.9. The van der Waals surface area contributed by atoms with Crippen LogP contribution in [0.15, 0.2) is 43.0 Å². The van der Waals surface area contributed by atoms with Crippen LogP contribution in [0.3, 0.4) is 0 Å². The number of ether oxygens (including phenoxy) is 4. The average molecular weight is 811 g/mol. The molecule has 3 aromatic rings. The molecule has 0 saturated carbocycles. The van der Waals surface area contributed by atoms with Crippen LogP contribution in [0.25, 0.3) is 11.2 Å². The molecule has 14 heteroatoms. The fraction of sp³-hybridized carbons (Fsp3) is 0.705. The number of amides is 2. The van der Waals surface area contributed by atoms with Crippen molar-refractivity contribution < 1.29 is 38.7 Å². The van der Waals surface area contributed by atoms with Gasteiger partial charge in [0.25, 0.3) is 5.91 Å². The third-order valence-corrected chi connectivity index (χ3v) is 10.7. The fourth-order valence-corrected chi connectivity index (χ4v) is 7.29. The van der Waals surface area contributed by atoms with Crippen LogP contribution in [0, 0.1) is 0 Å². The summed E-state index contributed by atoms with van der Waals surface area (Å²) in [5.41, 5.74) is 1.12.